The van der Waals surface area contributed by atoms with Gasteiger partial charge in [0, 0.05) is 22.3 Å². The topological polar surface area (TPSA) is 0 Å². The first-order chi connectivity index (χ1) is 13.2. The van der Waals surface area contributed by atoms with Crippen molar-refractivity contribution < 1.29 is 4.39 Å². The number of hydrogen-bond acceptors (Lipinski definition) is 0. The molecule has 0 saturated heterocycles. The van der Waals surface area contributed by atoms with E-state index < -0.39 is 5.82 Å². The third kappa shape index (κ3) is 4.59. The maximum absolute atomic E-state index is 14.7. The third-order valence-corrected chi connectivity index (χ3v) is 4.08. The summed E-state index contributed by atoms with van der Waals surface area (Å²) in [4.78, 5) is 0. The van der Waals surface area contributed by atoms with Crippen LogP contribution in [-0.4, -0.2) is 0 Å². The fourth-order valence-corrected chi connectivity index (χ4v) is 2.52. The van der Waals surface area contributed by atoms with Crippen LogP contribution in [0.1, 0.15) is 35.1 Å². The van der Waals surface area contributed by atoms with Gasteiger partial charge in [-0.3, -0.25) is 0 Å². The zero-order chi connectivity index (χ0) is 19.1. The van der Waals surface area contributed by atoms with Crippen LogP contribution in [0.25, 0.3) is 0 Å². The van der Waals surface area contributed by atoms with Crippen LogP contribution >= 0.6 is 0 Å². The molecule has 2 aromatic rings. The lowest BCUT2D eigenvalue weighted by atomic mass is 9.99. The second-order valence-corrected chi connectivity index (χ2v) is 5.92. The molecule has 0 N–H and O–H groups in total. The predicted octanol–water partition coefficient (Wildman–Crippen LogP) is 4.84. The molecule has 0 atom stereocenters. The van der Waals surface area contributed by atoms with Gasteiger partial charge in [-0.1, -0.05) is 41.6 Å². The van der Waals surface area contributed by atoms with Crippen LogP contribution in [0.15, 0.2) is 65.8 Å². The van der Waals surface area contributed by atoms with Crippen LogP contribution in [0.4, 0.5) is 4.39 Å². The van der Waals surface area contributed by atoms with Crippen molar-refractivity contribution in [2.45, 2.75) is 12.8 Å². The van der Waals surface area contributed by atoms with Crippen LogP contribution in [0.3, 0.4) is 0 Å². The molecule has 0 heterocycles. The summed E-state index contributed by atoms with van der Waals surface area (Å²) in [5.41, 5.74) is 4.10. The van der Waals surface area contributed by atoms with Gasteiger partial charge in [-0.15, -0.1) is 12.8 Å². The van der Waals surface area contributed by atoms with Crippen molar-refractivity contribution in [1.82, 2.24) is 0 Å². The first-order valence-corrected chi connectivity index (χ1v) is 8.45. The summed E-state index contributed by atoms with van der Waals surface area (Å²) in [6, 6.07) is 12.3. The van der Waals surface area contributed by atoms with E-state index in [1.165, 1.54) is 0 Å². The molecule has 27 heavy (non-hydrogen) atoms. The van der Waals surface area contributed by atoms with Crippen molar-refractivity contribution in [3.8, 4) is 48.4 Å². The Kier molecular flexibility index (Phi) is 5.60. The summed E-state index contributed by atoms with van der Waals surface area (Å²) in [5, 5.41) is 0. The highest BCUT2D eigenvalue weighted by Crippen LogP contribution is 2.17. The predicted molar refractivity (Wildman–Crippen MR) is 108 cm³/mol. The molecule has 2 aromatic carbocycles. The van der Waals surface area contributed by atoms with Gasteiger partial charge < -0.3 is 0 Å². The van der Waals surface area contributed by atoms with Gasteiger partial charge in [-0.05, 0) is 61.4 Å². The van der Waals surface area contributed by atoms with Crippen LogP contribution in [0.2, 0.25) is 0 Å². The van der Waals surface area contributed by atoms with E-state index in [9.17, 15) is 4.39 Å². The minimum Gasteiger partial charge on any atom is -0.204 e. The summed E-state index contributed by atoms with van der Waals surface area (Å²) in [5.74, 6) is 16.5. The minimum atomic E-state index is -0.408. The van der Waals surface area contributed by atoms with Crippen molar-refractivity contribution >= 4 is 0 Å². The van der Waals surface area contributed by atoms with E-state index in [0.29, 0.717) is 11.1 Å². The standard InChI is InChI=1S/C26H15F/c1-3-20-8-12-22(13-9-20)16-18-24-6-5-7-25(26(24)27)19-17-23-14-10-21(4-2)11-15-23/h1-2,5-10,12-14H,11,15H2. The molecule has 0 fully saturated rings. The summed E-state index contributed by atoms with van der Waals surface area (Å²) >= 11 is 0. The first-order valence-electron chi connectivity index (χ1n) is 8.45. The maximum Gasteiger partial charge on any atom is 0.154 e. The number of benzene rings is 2. The van der Waals surface area contributed by atoms with Gasteiger partial charge in [0.25, 0.3) is 0 Å². The van der Waals surface area contributed by atoms with Crippen LogP contribution in [0.5, 0.6) is 0 Å². The lowest BCUT2D eigenvalue weighted by molar-refractivity contribution is 0.621. The van der Waals surface area contributed by atoms with Crippen LogP contribution in [0, 0.1) is 54.2 Å². The normalized spacial score (nSPS) is 12.1. The number of rotatable bonds is 0. The lowest BCUT2D eigenvalue weighted by Crippen LogP contribution is -1.92. The van der Waals surface area contributed by atoms with E-state index in [4.69, 9.17) is 12.8 Å². The molecule has 0 saturated carbocycles. The summed E-state index contributed by atoms with van der Waals surface area (Å²) < 4.78 is 14.7. The van der Waals surface area contributed by atoms with Gasteiger partial charge in [-0.25, -0.2) is 4.39 Å². The number of terminal acetylenes is 2. The number of halogens is 1. The van der Waals surface area contributed by atoms with E-state index in [0.717, 1.165) is 35.1 Å². The molecule has 1 heteroatoms. The van der Waals surface area contributed by atoms with Gasteiger partial charge in [0.2, 0.25) is 0 Å². The highest BCUT2D eigenvalue weighted by molar-refractivity contribution is 5.51. The zero-order valence-electron chi connectivity index (χ0n) is 14.6. The summed E-state index contributed by atoms with van der Waals surface area (Å²) in [6.07, 6.45) is 16.1. The Bertz CT molecular complexity index is 1140. The Morgan fingerprint density at radius 3 is 1.85 bits per heavy atom. The van der Waals surface area contributed by atoms with Crippen molar-refractivity contribution in [2.75, 3.05) is 0 Å². The summed E-state index contributed by atoms with van der Waals surface area (Å²) in [6.45, 7) is 0. The number of hydrogen-bond donors (Lipinski definition) is 0. The fraction of sp³-hybridized carbons (Fsp3) is 0.0769. The largest absolute Gasteiger partial charge is 0.204 e. The van der Waals surface area contributed by atoms with E-state index in [1.54, 1.807) is 30.3 Å². The molecule has 0 aliphatic heterocycles. The SMILES string of the molecule is C#CC1=CC=C(C#Cc2cccc(C#Cc3ccc(C#C)cc3)c2F)CC1. The smallest absolute Gasteiger partial charge is 0.154 e. The van der Waals surface area contributed by atoms with E-state index >= 15 is 0 Å². The molecule has 1 aliphatic rings. The van der Waals surface area contributed by atoms with Gasteiger partial charge in [-0.2, -0.15) is 0 Å². The Morgan fingerprint density at radius 2 is 1.26 bits per heavy atom. The van der Waals surface area contributed by atoms with E-state index in [2.05, 4.69) is 35.5 Å². The average molecular weight is 346 g/mol. The molecule has 126 valence electrons. The van der Waals surface area contributed by atoms with Gasteiger partial charge in [0.15, 0.2) is 5.82 Å². The van der Waals surface area contributed by atoms with Crippen LogP contribution < -0.4 is 0 Å². The molecule has 0 radical (unpaired) electrons. The quantitative estimate of drug-likeness (QED) is 0.599. The molecule has 1 aliphatic carbocycles. The number of allylic oxidation sites excluding steroid dienone is 4. The monoisotopic (exact) mass is 346 g/mol. The molecule has 0 aromatic heterocycles. The Labute approximate surface area is 159 Å². The van der Waals surface area contributed by atoms with E-state index in [-0.39, 0.29) is 0 Å². The molecule has 0 nitrogen and oxygen atoms in total. The minimum absolute atomic E-state index is 0.315. The lowest BCUT2D eigenvalue weighted by Gasteiger charge is -2.05. The molecule has 0 spiro atoms. The molecular weight excluding hydrogens is 331 g/mol. The second-order valence-electron chi connectivity index (χ2n) is 5.92. The molecule has 0 bridgehead atoms. The van der Waals surface area contributed by atoms with Crippen molar-refractivity contribution in [2.24, 2.45) is 0 Å². The van der Waals surface area contributed by atoms with Gasteiger partial charge in [0.1, 0.15) is 0 Å². The Morgan fingerprint density at radius 1 is 0.667 bits per heavy atom. The highest BCUT2D eigenvalue weighted by atomic mass is 19.1. The third-order valence-electron chi connectivity index (χ3n) is 4.08. The zero-order valence-corrected chi connectivity index (χ0v) is 14.6. The summed E-state index contributed by atoms with van der Waals surface area (Å²) in [7, 11) is 0. The molecular formula is C26H15F. The van der Waals surface area contributed by atoms with Crippen molar-refractivity contribution in [3.63, 3.8) is 0 Å². The molecule has 0 amide bonds. The Hall–Kier alpha value is -3.91. The van der Waals surface area contributed by atoms with Gasteiger partial charge in [0.05, 0.1) is 11.1 Å². The van der Waals surface area contributed by atoms with Crippen molar-refractivity contribution in [3.05, 3.63) is 93.8 Å². The second kappa shape index (κ2) is 8.45. The molecule has 0 unspecified atom stereocenters. The Balaban J connectivity index is 1.84. The average Bonchev–Trinajstić information content (AvgIpc) is 2.73. The van der Waals surface area contributed by atoms with E-state index in [1.807, 2.05) is 24.3 Å². The first kappa shape index (κ1) is 17.9. The highest BCUT2D eigenvalue weighted by Gasteiger charge is 2.05. The van der Waals surface area contributed by atoms with Crippen LogP contribution in [-0.2, 0) is 0 Å². The fourth-order valence-electron chi connectivity index (χ4n) is 2.52. The maximum atomic E-state index is 14.7. The molecule has 3 rings (SSSR count). The van der Waals surface area contributed by atoms with Crippen molar-refractivity contribution in [1.29, 1.82) is 0 Å². The van der Waals surface area contributed by atoms with Gasteiger partial charge >= 0.3 is 0 Å².